The molecule has 0 heterocycles. The normalized spacial score (nSPS) is 9.25. The molecule has 76 valence electrons. The lowest BCUT2D eigenvalue weighted by Gasteiger charge is -2.03. The summed E-state index contributed by atoms with van der Waals surface area (Å²) in [5.74, 6) is 4.31. The molecule has 2 aromatic carbocycles. The zero-order valence-corrected chi connectivity index (χ0v) is 8.60. The first kappa shape index (κ1) is 10.1. The van der Waals surface area contributed by atoms with E-state index in [-0.39, 0.29) is 0 Å². The van der Waals surface area contributed by atoms with E-state index in [1.807, 2.05) is 36.4 Å². The molecule has 16 heavy (non-hydrogen) atoms. The lowest BCUT2D eigenvalue weighted by Crippen LogP contribution is -1.79. The second-order valence-corrected chi connectivity index (χ2v) is 3.25. The van der Waals surface area contributed by atoms with Crippen LogP contribution in [0.4, 0.5) is 5.69 Å². The van der Waals surface area contributed by atoms with Crippen LogP contribution in [0.5, 0.6) is 0 Å². The van der Waals surface area contributed by atoms with Gasteiger partial charge in [-0.25, -0.2) is 9.79 Å². The second kappa shape index (κ2) is 4.41. The highest BCUT2D eigenvalue weighted by Gasteiger charge is 2.01. The van der Waals surface area contributed by atoms with Crippen molar-refractivity contribution >= 4 is 34.3 Å². The van der Waals surface area contributed by atoms with E-state index in [9.17, 15) is 4.79 Å². The molecule has 0 aliphatic heterocycles. The standard InChI is InChI=1S/C14H9NO/c1-2-15-14-8-4-6-12-11(9-10-16)5-3-7-13(12)14/h3-9H,1H2. The molecule has 2 heteroatoms. The van der Waals surface area contributed by atoms with Crippen LogP contribution in [0.25, 0.3) is 16.8 Å². The van der Waals surface area contributed by atoms with Crippen LogP contribution in [0, 0.1) is 0 Å². The number of rotatable bonds is 2. The van der Waals surface area contributed by atoms with Crippen LogP contribution in [-0.4, -0.2) is 11.8 Å². The third kappa shape index (κ3) is 1.71. The molecule has 0 saturated heterocycles. The average Bonchev–Trinajstić information content (AvgIpc) is 2.31. The minimum absolute atomic E-state index is 0.800. The number of nitrogens with zero attached hydrogens (tertiary/aromatic N) is 1. The van der Waals surface area contributed by atoms with Gasteiger partial charge in [-0.05, 0) is 29.5 Å². The summed E-state index contributed by atoms with van der Waals surface area (Å²) in [6, 6.07) is 11.4. The van der Waals surface area contributed by atoms with E-state index >= 15 is 0 Å². The Bertz CT molecular complexity index is 573. The summed E-state index contributed by atoms with van der Waals surface area (Å²) in [5, 5.41) is 1.95. The van der Waals surface area contributed by atoms with Crippen molar-refractivity contribution in [2.75, 3.05) is 0 Å². The van der Waals surface area contributed by atoms with Crippen LogP contribution < -0.4 is 0 Å². The third-order valence-electron chi connectivity index (χ3n) is 2.35. The molecule has 0 N–H and O–H groups in total. The molecule has 0 amide bonds. The van der Waals surface area contributed by atoms with Gasteiger partial charge >= 0.3 is 0 Å². The van der Waals surface area contributed by atoms with Gasteiger partial charge in [0.2, 0.25) is 0 Å². The van der Waals surface area contributed by atoms with Gasteiger partial charge in [0.1, 0.15) is 5.94 Å². The Balaban J connectivity index is 2.85. The Hall–Kier alpha value is -2.40. The first-order valence-electron chi connectivity index (χ1n) is 4.82. The first-order valence-corrected chi connectivity index (χ1v) is 4.82. The maximum atomic E-state index is 10.4. The molecule has 0 aliphatic carbocycles. The summed E-state index contributed by atoms with van der Waals surface area (Å²) in [4.78, 5) is 14.5. The van der Waals surface area contributed by atoms with Gasteiger partial charge in [-0.3, -0.25) is 0 Å². The fraction of sp³-hybridized carbons (Fsp3) is 0. The van der Waals surface area contributed by atoms with Crippen molar-refractivity contribution in [3.8, 4) is 0 Å². The van der Waals surface area contributed by atoms with E-state index in [0.717, 1.165) is 22.0 Å². The van der Waals surface area contributed by atoms with E-state index in [1.54, 1.807) is 5.94 Å². The van der Waals surface area contributed by atoms with Crippen molar-refractivity contribution in [3.05, 3.63) is 48.5 Å². The predicted octanol–water partition coefficient (Wildman–Crippen LogP) is 3.17. The molecular formula is C14H9NO. The minimum atomic E-state index is 0.800. The van der Waals surface area contributed by atoms with Crippen LogP contribution in [0.1, 0.15) is 5.56 Å². The van der Waals surface area contributed by atoms with Crippen LogP contribution in [0.2, 0.25) is 0 Å². The van der Waals surface area contributed by atoms with E-state index in [1.165, 1.54) is 6.08 Å². The molecule has 0 atom stereocenters. The van der Waals surface area contributed by atoms with Crippen molar-refractivity contribution in [1.82, 2.24) is 0 Å². The molecule has 0 spiro atoms. The Morgan fingerprint density at radius 2 is 1.88 bits per heavy atom. The number of aliphatic imine (C=N–C) groups is 1. The van der Waals surface area contributed by atoms with Crippen molar-refractivity contribution in [3.63, 3.8) is 0 Å². The maximum absolute atomic E-state index is 10.4. The van der Waals surface area contributed by atoms with Gasteiger partial charge in [0, 0.05) is 11.5 Å². The smallest absolute Gasteiger partial charge is 0.125 e. The summed E-state index contributed by atoms with van der Waals surface area (Å²) in [5.41, 5.74) is 1.64. The summed E-state index contributed by atoms with van der Waals surface area (Å²) in [6.45, 7) is 3.46. The predicted molar refractivity (Wildman–Crippen MR) is 66.8 cm³/mol. The monoisotopic (exact) mass is 207 g/mol. The van der Waals surface area contributed by atoms with E-state index in [2.05, 4.69) is 17.4 Å². The van der Waals surface area contributed by atoms with Gasteiger partial charge in [-0.15, -0.1) is 0 Å². The highest BCUT2D eigenvalue weighted by molar-refractivity contribution is 6.00. The van der Waals surface area contributed by atoms with Crippen molar-refractivity contribution < 1.29 is 4.79 Å². The molecule has 0 aliphatic rings. The quantitative estimate of drug-likeness (QED) is 0.549. The SMILES string of the molecule is C=C=Nc1cccc2c(C=C=O)cccc12. The Morgan fingerprint density at radius 3 is 2.62 bits per heavy atom. The highest BCUT2D eigenvalue weighted by Crippen LogP contribution is 2.28. The third-order valence-corrected chi connectivity index (χ3v) is 2.35. The second-order valence-electron chi connectivity index (χ2n) is 3.25. The van der Waals surface area contributed by atoms with Gasteiger partial charge in [-0.1, -0.05) is 30.3 Å². The zero-order valence-electron chi connectivity index (χ0n) is 8.60. The number of benzene rings is 2. The van der Waals surface area contributed by atoms with E-state index in [4.69, 9.17) is 0 Å². The molecule has 0 unspecified atom stereocenters. The largest absolute Gasteiger partial charge is 0.233 e. The van der Waals surface area contributed by atoms with Gasteiger partial charge in [-0.2, -0.15) is 0 Å². The summed E-state index contributed by atoms with van der Waals surface area (Å²) >= 11 is 0. The summed E-state index contributed by atoms with van der Waals surface area (Å²) in [7, 11) is 0. The molecule has 2 rings (SSSR count). The van der Waals surface area contributed by atoms with E-state index in [0.29, 0.717) is 0 Å². The summed E-state index contributed by atoms with van der Waals surface area (Å²) < 4.78 is 0. The molecule has 0 saturated carbocycles. The topological polar surface area (TPSA) is 29.4 Å². The zero-order chi connectivity index (χ0) is 11.4. The molecule has 0 radical (unpaired) electrons. The summed E-state index contributed by atoms with van der Waals surface area (Å²) in [6.07, 6.45) is 1.42. The lowest BCUT2D eigenvalue weighted by atomic mass is 10.0. The molecule has 2 aromatic rings. The van der Waals surface area contributed by atoms with Gasteiger partial charge in [0.15, 0.2) is 0 Å². The Morgan fingerprint density at radius 1 is 1.12 bits per heavy atom. The van der Waals surface area contributed by atoms with Crippen LogP contribution >= 0.6 is 0 Å². The molecule has 0 fully saturated rings. The molecular weight excluding hydrogens is 198 g/mol. The van der Waals surface area contributed by atoms with Crippen molar-refractivity contribution in [2.24, 2.45) is 4.99 Å². The Kier molecular flexibility index (Phi) is 2.79. The van der Waals surface area contributed by atoms with Crippen LogP contribution in [0.15, 0.2) is 48.0 Å². The number of fused-ring (bicyclic) bond motifs is 1. The number of hydrogen-bond donors (Lipinski definition) is 0. The number of hydrogen-bond acceptors (Lipinski definition) is 2. The first-order chi connectivity index (χ1) is 7.86. The van der Waals surface area contributed by atoms with Crippen LogP contribution in [0.3, 0.4) is 0 Å². The van der Waals surface area contributed by atoms with Crippen LogP contribution in [-0.2, 0) is 4.79 Å². The molecule has 2 nitrogen and oxygen atoms in total. The van der Waals surface area contributed by atoms with Gasteiger partial charge in [0.25, 0.3) is 0 Å². The average molecular weight is 207 g/mol. The maximum Gasteiger partial charge on any atom is 0.125 e. The highest BCUT2D eigenvalue weighted by atomic mass is 16.1. The fourth-order valence-corrected chi connectivity index (χ4v) is 1.69. The van der Waals surface area contributed by atoms with E-state index < -0.39 is 0 Å². The molecule has 0 bridgehead atoms. The number of carbonyl (C=O) groups excluding carboxylic acids is 1. The van der Waals surface area contributed by atoms with Crippen molar-refractivity contribution in [1.29, 1.82) is 0 Å². The van der Waals surface area contributed by atoms with Gasteiger partial charge < -0.3 is 0 Å². The lowest BCUT2D eigenvalue weighted by molar-refractivity contribution is 0.570. The molecule has 0 aromatic heterocycles. The fourth-order valence-electron chi connectivity index (χ4n) is 1.69. The van der Waals surface area contributed by atoms with Gasteiger partial charge in [0.05, 0.1) is 5.69 Å². The minimum Gasteiger partial charge on any atom is -0.233 e. The van der Waals surface area contributed by atoms with Crippen molar-refractivity contribution in [2.45, 2.75) is 0 Å². The Labute approximate surface area is 93.3 Å².